The molecular weight excluding hydrogens is 1280 g/mol. The lowest BCUT2D eigenvalue weighted by molar-refractivity contribution is 0.0716. The molecule has 0 amide bonds. The molecule has 0 aliphatic heterocycles. The van der Waals surface area contributed by atoms with Crippen LogP contribution in [0.4, 0.5) is 0 Å². The molecule has 0 fully saturated rings. The van der Waals surface area contributed by atoms with Crippen molar-refractivity contribution in [2.45, 2.75) is 38.5 Å². The van der Waals surface area contributed by atoms with Gasteiger partial charge in [0.25, 0.3) is 0 Å². The number of benzene rings is 13. The average Bonchev–Trinajstić information content (AvgIpc) is 0.779. The van der Waals surface area contributed by atoms with Crippen molar-refractivity contribution < 1.29 is 57.2 Å². The fourth-order valence-electron chi connectivity index (χ4n) is 12.7. The molecule has 13 rings (SSSR count). The fraction of sp³-hybridized carbons (Fsp3) is 0.0659. The Balaban J connectivity index is 0.770. The first-order valence-electron chi connectivity index (χ1n) is 33.4. The number of rotatable bonds is 24. The molecule has 0 saturated carbocycles. The van der Waals surface area contributed by atoms with Crippen LogP contribution in [0.25, 0.3) is 53.9 Å². The number of carbonyl (C=O) groups is 6. The van der Waals surface area contributed by atoms with Crippen molar-refractivity contribution in [2.24, 2.45) is 0 Å². The third-order valence-corrected chi connectivity index (χ3v) is 17.7. The van der Waals surface area contributed by atoms with E-state index in [1.54, 1.807) is 127 Å². The highest BCUT2D eigenvalue weighted by molar-refractivity contribution is 6.12. The number of hydrogen-bond donors (Lipinski definition) is 0. The largest absolute Gasteiger partial charge is 0.423 e. The van der Waals surface area contributed by atoms with Gasteiger partial charge in [-0.2, -0.15) is 0 Å². The van der Waals surface area contributed by atoms with E-state index in [1.807, 2.05) is 140 Å². The van der Waals surface area contributed by atoms with Crippen molar-refractivity contribution in [3.63, 3.8) is 0 Å². The Bertz CT molecular complexity index is 5690. The monoisotopic (exact) mass is 1350 g/mol. The Morgan fingerprint density at radius 2 is 0.631 bits per heavy atom. The molecule has 0 N–H and O–H groups in total. The molecule has 0 atom stereocenters. The Morgan fingerprint density at radius 1 is 0.272 bits per heavy atom. The van der Waals surface area contributed by atoms with Gasteiger partial charge in [-0.25, -0.2) is 28.8 Å². The predicted molar refractivity (Wildman–Crippen MR) is 404 cm³/mol. The van der Waals surface area contributed by atoms with Crippen molar-refractivity contribution >= 4 is 89.7 Å². The molecule has 502 valence electrons. The molecule has 12 nitrogen and oxygen atoms in total. The first-order chi connectivity index (χ1) is 50.4. The summed E-state index contributed by atoms with van der Waals surface area (Å²) in [5, 5.41) is 6.76. The van der Waals surface area contributed by atoms with Gasteiger partial charge in [0.2, 0.25) is 0 Å². The van der Waals surface area contributed by atoms with E-state index < -0.39 is 35.8 Å². The highest BCUT2D eigenvalue weighted by Gasteiger charge is 2.26. The minimum absolute atomic E-state index is 0.00798. The summed E-state index contributed by atoms with van der Waals surface area (Å²) in [6.07, 6.45) is 12.8. The molecule has 13 aromatic carbocycles. The summed E-state index contributed by atoms with van der Waals surface area (Å²) in [6, 6.07) is 71.1. The van der Waals surface area contributed by atoms with Gasteiger partial charge in [0.15, 0.2) is 0 Å². The SMILES string of the molecule is C=CCc1ccccc1OC(=O)c1cc(C(=O)Oc2ccccc2CC=C)c2ccc(C(=O)Oc3ccccc3CC=C=CCc3c(OC(=O)c4cc(C(=O)Oc5c(CC=C)ccc6ccccc56)c5ccc(C(=O)Oc6ccc7ccccc7c6CC=C)cc5c4)ccc4ccccc34)cc2c1. The van der Waals surface area contributed by atoms with Gasteiger partial charge in [-0.15, -0.1) is 32.0 Å². The summed E-state index contributed by atoms with van der Waals surface area (Å²) < 4.78 is 36.8. The van der Waals surface area contributed by atoms with Crippen molar-refractivity contribution in [1.29, 1.82) is 0 Å². The van der Waals surface area contributed by atoms with Crippen LogP contribution in [0.1, 0.15) is 95.5 Å². The molecule has 0 saturated heterocycles. The van der Waals surface area contributed by atoms with Gasteiger partial charge in [0.1, 0.15) is 34.5 Å². The summed E-state index contributed by atoms with van der Waals surface area (Å²) in [6.45, 7) is 15.5. The van der Waals surface area contributed by atoms with Crippen molar-refractivity contribution in [1.82, 2.24) is 0 Å². The molecule has 0 aromatic heterocycles. The topological polar surface area (TPSA) is 158 Å². The van der Waals surface area contributed by atoms with Crippen LogP contribution in [0, 0.1) is 0 Å². The van der Waals surface area contributed by atoms with Crippen molar-refractivity contribution in [2.75, 3.05) is 0 Å². The number of para-hydroxylation sites is 3. The lowest BCUT2D eigenvalue weighted by Crippen LogP contribution is -2.15. The maximum Gasteiger partial charge on any atom is 0.344 e. The number of esters is 6. The van der Waals surface area contributed by atoms with Crippen LogP contribution in [0.2, 0.25) is 0 Å². The molecule has 0 radical (unpaired) electrons. The van der Waals surface area contributed by atoms with E-state index in [0.717, 1.165) is 49.2 Å². The molecule has 0 unspecified atom stereocenters. The lowest BCUT2D eigenvalue weighted by atomic mass is 9.98. The fourth-order valence-corrected chi connectivity index (χ4v) is 12.7. The van der Waals surface area contributed by atoms with Gasteiger partial charge >= 0.3 is 35.8 Å². The van der Waals surface area contributed by atoms with Crippen LogP contribution >= 0.6 is 0 Å². The van der Waals surface area contributed by atoms with E-state index in [9.17, 15) is 28.8 Å². The van der Waals surface area contributed by atoms with E-state index in [2.05, 4.69) is 32.0 Å². The highest BCUT2D eigenvalue weighted by Crippen LogP contribution is 2.37. The Hall–Kier alpha value is -13.5. The summed E-state index contributed by atoms with van der Waals surface area (Å²) in [5.41, 5.74) is 8.12. The van der Waals surface area contributed by atoms with Gasteiger partial charge in [-0.05, 0) is 187 Å². The number of hydrogen-bond acceptors (Lipinski definition) is 12. The van der Waals surface area contributed by atoms with E-state index in [-0.39, 0.29) is 51.3 Å². The second-order valence-electron chi connectivity index (χ2n) is 24.3. The zero-order valence-electron chi connectivity index (χ0n) is 56.0. The molecular formula is C91H66O12. The number of carbonyl (C=O) groups excluding carboxylic acids is 6. The third kappa shape index (κ3) is 15.1. The smallest absolute Gasteiger partial charge is 0.344 e. The zero-order chi connectivity index (χ0) is 71.3. The molecule has 0 aliphatic carbocycles. The van der Waals surface area contributed by atoms with Gasteiger partial charge in [0, 0.05) is 29.4 Å². The standard InChI is InChI=1S/C91H66O12/c1-5-24-61-32-15-21-39-80(61)99-88(94)69-54-67-52-65(44-48-73(67)78(56-69)90(96)100-81-40-22-16-33-62(81)25-6-2)86(92)98-82-41-23-17-34-63(82)31-10-9-11-38-77-72-36-19-13-29-59(72)47-51-84(77)102-89(95)70-55-68-53-66(87(93)101-83-50-46-58-28-12-18-35-71(58)76(83)27-8-4)45-49-74(68)79(57-70)91(97)103-85-64(26-7-3)43-42-60-30-14-20-37-75(60)85/h5-8,10-23,28-30,32-37,39-57H,1-4,24-27,31,38H2. The first kappa shape index (κ1) is 68.0. The van der Waals surface area contributed by atoms with Gasteiger partial charge in [-0.3, -0.25) is 0 Å². The maximum absolute atomic E-state index is 14.9. The molecule has 0 aliphatic rings. The lowest BCUT2D eigenvalue weighted by Gasteiger charge is -2.16. The van der Waals surface area contributed by atoms with Crippen molar-refractivity contribution in [3.05, 3.63) is 378 Å². The van der Waals surface area contributed by atoms with Crippen LogP contribution in [0.5, 0.6) is 34.5 Å². The normalized spacial score (nSPS) is 10.9. The minimum Gasteiger partial charge on any atom is -0.423 e. The molecule has 0 bridgehead atoms. The molecule has 12 heteroatoms. The number of allylic oxidation sites excluding steroid dienone is 5. The Morgan fingerprint density at radius 3 is 1.13 bits per heavy atom. The zero-order valence-corrected chi connectivity index (χ0v) is 56.0. The van der Waals surface area contributed by atoms with Gasteiger partial charge in [-0.1, -0.05) is 188 Å². The summed E-state index contributed by atoms with van der Waals surface area (Å²) in [4.78, 5) is 86.4. The first-order valence-corrected chi connectivity index (χ1v) is 33.4. The molecule has 0 spiro atoms. The summed E-state index contributed by atoms with van der Waals surface area (Å²) in [5.74, 6) is -2.40. The van der Waals surface area contributed by atoms with E-state index in [0.29, 0.717) is 93.2 Å². The third-order valence-electron chi connectivity index (χ3n) is 17.7. The Kier molecular flexibility index (Phi) is 20.5. The average molecular weight is 1350 g/mol. The number of fused-ring (bicyclic) bond motifs is 5. The number of ether oxygens (including phenoxy) is 6. The summed E-state index contributed by atoms with van der Waals surface area (Å²) >= 11 is 0. The van der Waals surface area contributed by atoms with E-state index in [4.69, 9.17) is 28.4 Å². The minimum atomic E-state index is -0.782. The van der Waals surface area contributed by atoms with Crippen LogP contribution in [0.15, 0.2) is 311 Å². The van der Waals surface area contributed by atoms with Crippen LogP contribution in [0.3, 0.4) is 0 Å². The van der Waals surface area contributed by atoms with E-state index in [1.165, 1.54) is 12.1 Å². The second-order valence-corrected chi connectivity index (χ2v) is 24.3. The molecule has 13 aromatic rings. The van der Waals surface area contributed by atoms with E-state index >= 15 is 0 Å². The van der Waals surface area contributed by atoms with Crippen LogP contribution in [-0.4, -0.2) is 35.8 Å². The maximum atomic E-state index is 14.9. The van der Waals surface area contributed by atoms with Crippen LogP contribution in [-0.2, 0) is 38.5 Å². The Labute approximate surface area is 594 Å². The van der Waals surface area contributed by atoms with Crippen LogP contribution < -0.4 is 28.4 Å². The highest BCUT2D eigenvalue weighted by atomic mass is 16.6. The van der Waals surface area contributed by atoms with Gasteiger partial charge in [0.05, 0.1) is 33.4 Å². The predicted octanol–water partition coefficient (Wildman–Crippen LogP) is 20.2. The molecule has 0 heterocycles. The molecule has 103 heavy (non-hydrogen) atoms. The quantitative estimate of drug-likeness (QED) is 0.0244. The van der Waals surface area contributed by atoms with Gasteiger partial charge < -0.3 is 28.4 Å². The van der Waals surface area contributed by atoms with Crippen molar-refractivity contribution in [3.8, 4) is 34.5 Å². The second kappa shape index (κ2) is 31.1. The summed E-state index contributed by atoms with van der Waals surface area (Å²) in [7, 11) is 0.